The van der Waals surface area contributed by atoms with Crippen molar-refractivity contribution in [3.05, 3.63) is 33.4 Å². The highest BCUT2D eigenvalue weighted by Gasteiger charge is 2.08. The molecule has 0 amide bonds. The van der Waals surface area contributed by atoms with Crippen molar-refractivity contribution in [1.29, 1.82) is 0 Å². The van der Waals surface area contributed by atoms with Crippen LogP contribution >= 0.6 is 39.3 Å². The molecule has 0 bridgehead atoms. The van der Waals surface area contributed by atoms with Crippen LogP contribution in [0.3, 0.4) is 0 Å². The minimum absolute atomic E-state index is 0.292. The summed E-state index contributed by atoms with van der Waals surface area (Å²) in [6, 6.07) is 5.66. The van der Waals surface area contributed by atoms with Crippen LogP contribution in [-0.4, -0.2) is 8.75 Å². The van der Waals surface area contributed by atoms with Crippen LogP contribution in [0.25, 0.3) is 0 Å². The number of aromatic nitrogens is 2. The first kappa shape index (κ1) is 10.9. The Hall–Kier alpha value is -0.650. The molecule has 0 aliphatic rings. The quantitative estimate of drug-likeness (QED) is 0.839. The summed E-state index contributed by atoms with van der Waals surface area (Å²) >= 11 is 10.2. The number of benzene rings is 1. The SMILES string of the molecule is Cc1cc(Oc2nsnc2Cl)ccc1Br. The third-order valence-electron chi connectivity index (χ3n) is 1.77. The third kappa shape index (κ3) is 2.48. The van der Waals surface area contributed by atoms with E-state index in [1.165, 1.54) is 0 Å². The lowest BCUT2D eigenvalue weighted by Crippen LogP contribution is -1.86. The molecule has 6 heteroatoms. The van der Waals surface area contributed by atoms with Crippen molar-refractivity contribution >= 4 is 39.3 Å². The van der Waals surface area contributed by atoms with Crippen LogP contribution in [-0.2, 0) is 0 Å². The highest BCUT2D eigenvalue weighted by Crippen LogP contribution is 2.29. The second-order valence-electron chi connectivity index (χ2n) is 2.87. The summed E-state index contributed by atoms with van der Waals surface area (Å²) in [6.07, 6.45) is 0. The van der Waals surface area contributed by atoms with Gasteiger partial charge in [0.1, 0.15) is 5.75 Å². The minimum Gasteiger partial charge on any atom is -0.436 e. The summed E-state index contributed by atoms with van der Waals surface area (Å²) in [5, 5.41) is 0.292. The van der Waals surface area contributed by atoms with E-state index in [4.69, 9.17) is 16.3 Å². The Labute approximate surface area is 104 Å². The van der Waals surface area contributed by atoms with Crippen LogP contribution in [0.15, 0.2) is 22.7 Å². The zero-order valence-electron chi connectivity index (χ0n) is 7.70. The molecule has 0 N–H and O–H groups in total. The van der Waals surface area contributed by atoms with Gasteiger partial charge in [0.2, 0.25) is 5.15 Å². The number of rotatable bonds is 2. The van der Waals surface area contributed by atoms with Gasteiger partial charge in [0.25, 0.3) is 5.88 Å². The molecule has 1 heterocycles. The molecule has 1 aromatic carbocycles. The number of hydrogen-bond acceptors (Lipinski definition) is 4. The molecular weight excluding hydrogens is 300 g/mol. The Kier molecular flexibility index (Phi) is 3.23. The maximum atomic E-state index is 5.76. The highest BCUT2D eigenvalue weighted by molar-refractivity contribution is 9.10. The molecule has 0 fully saturated rings. The lowest BCUT2D eigenvalue weighted by Gasteiger charge is -2.04. The van der Waals surface area contributed by atoms with Crippen molar-refractivity contribution in [2.75, 3.05) is 0 Å². The fraction of sp³-hybridized carbons (Fsp3) is 0.111. The molecule has 1 aromatic heterocycles. The Morgan fingerprint density at radius 2 is 2.20 bits per heavy atom. The zero-order valence-corrected chi connectivity index (χ0v) is 10.9. The summed E-state index contributed by atoms with van der Waals surface area (Å²) < 4.78 is 14.3. The predicted molar refractivity (Wildman–Crippen MR) is 63.9 cm³/mol. The first-order valence-electron chi connectivity index (χ1n) is 4.09. The molecule has 78 valence electrons. The molecule has 2 aromatic rings. The summed E-state index contributed by atoms with van der Waals surface area (Å²) in [6.45, 7) is 1.98. The Bertz CT molecular complexity index is 489. The lowest BCUT2D eigenvalue weighted by molar-refractivity contribution is 0.467. The Balaban J connectivity index is 2.25. The lowest BCUT2D eigenvalue weighted by atomic mass is 10.2. The van der Waals surface area contributed by atoms with E-state index in [1.54, 1.807) is 0 Å². The standard InChI is InChI=1S/C9H6BrClN2OS/c1-5-4-6(2-3-7(5)10)14-9-8(11)12-15-13-9/h2-4H,1H3. The molecule has 0 saturated carbocycles. The molecule has 0 aliphatic carbocycles. The average molecular weight is 306 g/mol. The van der Waals surface area contributed by atoms with E-state index in [0.29, 0.717) is 16.8 Å². The maximum Gasteiger partial charge on any atom is 0.270 e. The van der Waals surface area contributed by atoms with E-state index >= 15 is 0 Å². The summed E-state index contributed by atoms with van der Waals surface area (Å²) in [4.78, 5) is 0. The maximum absolute atomic E-state index is 5.76. The van der Waals surface area contributed by atoms with Gasteiger partial charge in [-0.15, -0.1) is 4.37 Å². The van der Waals surface area contributed by atoms with Gasteiger partial charge in [-0.1, -0.05) is 27.5 Å². The Morgan fingerprint density at radius 3 is 2.80 bits per heavy atom. The van der Waals surface area contributed by atoms with E-state index in [2.05, 4.69) is 24.7 Å². The van der Waals surface area contributed by atoms with Gasteiger partial charge in [-0.2, -0.15) is 4.37 Å². The molecular formula is C9H6BrClN2OS. The first-order valence-corrected chi connectivity index (χ1v) is 5.99. The summed E-state index contributed by atoms with van der Waals surface area (Å²) in [7, 11) is 0. The smallest absolute Gasteiger partial charge is 0.270 e. The fourth-order valence-corrected chi connectivity index (χ4v) is 1.88. The zero-order chi connectivity index (χ0) is 10.8. The molecule has 0 spiro atoms. The van der Waals surface area contributed by atoms with E-state index in [1.807, 2.05) is 25.1 Å². The number of nitrogens with zero attached hydrogens (tertiary/aromatic N) is 2. The van der Waals surface area contributed by atoms with Gasteiger partial charge in [-0.3, -0.25) is 0 Å². The van der Waals surface area contributed by atoms with Crippen molar-refractivity contribution in [3.63, 3.8) is 0 Å². The van der Waals surface area contributed by atoms with Gasteiger partial charge in [0.05, 0.1) is 11.7 Å². The van der Waals surface area contributed by atoms with Crippen molar-refractivity contribution in [2.24, 2.45) is 0 Å². The van der Waals surface area contributed by atoms with E-state index in [9.17, 15) is 0 Å². The molecule has 3 nitrogen and oxygen atoms in total. The van der Waals surface area contributed by atoms with Gasteiger partial charge in [0.15, 0.2) is 0 Å². The van der Waals surface area contributed by atoms with Gasteiger partial charge >= 0.3 is 0 Å². The first-order chi connectivity index (χ1) is 7.16. The van der Waals surface area contributed by atoms with E-state index in [0.717, 1.165) is 21.8 Å². The number of halogens is 2. The van der Waals surface area contributed by atoms with Crippen LogP contribution in [0.2, 0.25) is 5.15 Å². The molecule has 15 heavy (non-hydrogen) atoms. The van der Waals surface area contributed by atoms with Crippen LogP contribution in [0.1, 0.15) is 5.56 Å². The van der Waals surface area contributed by atoms with Crippen LogP contribution in [0.4, 0.5) is 0 Å². The van der Waals surface area contributed by atoms with Crippen molar-refractivity contribution in [3.8, 4) is 11.6 Å². The number of hydrogen-bond donors (Lipinski definition) is 0. The van der Waals surface area contributed by atoms with Gasteiger partial charge in [-0.05, 0) is 30.7 Å². The van der Waals surface area contributed by atoms with E-state index < -0.39 is 0 Å². The van der Waals surface area contributed by atoms with Gasteiger partial charge < -0.3 is 4.74 Å². The number of aryl methyl sites for hydroxylation is 1. The van der Waals surface area contributed by atoms with Crippen LogP contribution in [0.5, 0.6) is 11.6 Å². The highest BCUT2D eigenvalue weighted by atomic mass is 79.9. The predicted octanol–water partition coefficient (Wildman–Crippen LogP) is 4.05. The Morgan fingerprint density at radius 1 is 1.40 bits per heavy atom. The van der Waals surface area contributed by atoms with Crippen molar-refractivity contribution in [2.45, 2.75) is 6.92 Å². The largest absolute Gasteiger partial charge is 0.436 e. The van der Waals surface area contributed by atoms with Crippen molar-refractivity contribution < 1.29 is 4.74 Å². The molecule has 0 radical (unpaired) electrons. The third-order valence-corrected chi connectivity index (χ3v) is 3.51. The number of ether oxygens (including phenoxy) is 1. The van der Waals surface area contributed by atoms with Crippen LogP contribution < -0.4 is 4.74 Å². The van der Waals surface area contributed by atoms with Gasteiger partial charge in [-0.25, -0.2) is 0 Å². The molecule has 2 rings (SSSR count). The molecule has 0 unspecified atom stereocenters. The monoisotopic (exact) mass is 304 g/mol. The van der Waals surface area contributed by atoms with Crippen LogP contribution in [0, 0.1) is 6.92 Å². The topological polar surface area (TPSA) is 35.0 Å². The second-order valence-corrected chi connectivity index (χ2v) is 4.61. The van der Waals surface area contributed by atoms with Crippen molar-refractivity contribution in [1.82, 2.24) is 8.75 Å². The average Bonchev–Trinajstić information content (AvgIpc) is 2.59. The summed E-state index contributed by atoms with van der Waals surface area (Å²) in [5.41, 5.74) is 1.09. The second kappa shape index (κ2) is 4.47. The normalized spacial score (nSPS) is 10.3. The molecule has 0 aliphatic heterocycles. The molecule has 0 atom stereocenters. The van der Waals surface area contributed by atoms with E-state index in [-0.39, 0.29) is 0 Å². The summed E-state index contributed by atoms with van der Waals surface area (Å²) in [5.74, 6) is 1.05. The molecule has 0 saturated heterocycles. The fourth-order valence-electron chi connectivity index (χ4n) is 1.02. The van der Waals surface area contributed by atoms with Gasteiger partial charge in [0, 0.05) is 4.47 Å². The minimum atomic E-state index is 0.292.